The molecule has 0 amide bonds. The van der Waals surface area contributed by atoms with Crippen LogP contribution in [-0.2, 0) is 28.6 Å². The van der Waals surface area contributed by atoms with Crippen molar-refractivity contribution in [3.8, 4) is 0 Å². The number of hydrogen-bond acceptors (Lipinski definition) is 6. The molecule has 360 valence electrons. The fourth-order valence-electron chi connectivity index (χ4n) is 6.96. The molecule has 0 heterocycles. The van der Waals surface area contributed by atoms with Crippen molar-refractivity contribution in [2.75, 3.05) is 41.0 Å². The summed E-state index contributed by atoms with van der Waals surface area (Å²) >= 11 is 0. The van der Waals surface area contributed by atoms with Gasteiger partial charge in [-0.05, 0) is 64.2 Å². The highest BCUT2D eigenvalue weighted by Crippen LogP contribution is 2.15. The molecule has 0 radical (unpaired) electrons. The maximum Gasteiger partial charge on any atom is 0.362 e. The Labute approximate surface area is 386 Å². The number of rotatable bonds is 44. The molecular formula is C55H94NO7+. The second-order valence-corrected chi connectivity index (χ2v) is 17.7. The van der Waals surface area contributed by atoms with E-state index < -0.39 is 18.1 Å². The molecule has 0 spiro atoms. The lowest BCUT2D eigenvalue weighted by molar-refractivity contribution is -0.887. The number of likely N-dealkylation sites (N-methyl/N-ethyl adjacent to an activating group) is 1. The molecule has 63 heavy (non-hydrogen) atoms. The second kappa shape index (κ2) is 45.1. The smallest absolute Gasteiger partial charge is 0.362 e. The van der Waals surface area contributed by atoms with Crippen molar-refractivity contribution in [2.24, 2.45) is 0 Å². The van der Waals surface area contributed by atoms with Crippen LogP contribution >= 0.6 is 0 Å². The summed E-state index contributed by atoms with van der Waals surface area (Å²) in [7, 11) is 5.51. The Morgan fingerprint density at radius 3 is 1.30 bits per heavy atom. The molecule has 0 aliphatic heterocycles. The number of carbonyl (C=O) groups excluding carboxylic acids is 2. The quantitative estimate of drug-likeness (QED) is 0.0282. The van der Waals surface area contributed by atoms with Crippen LogP contribution < -0.4 is 0 Å². The number of unbranched alkanes of at least 4 members (excludes halogenated alkanes) is 16. The third-order valence-electron chi connectivity index (χ3n) is 10.8. The Hall–Kier alpha value is -3.49. The highest BCUT2D eigenvalue weighted by atomic mass is 16.6. The Morgan fingerprint density at radius 1 is 0.492 bits per heavy atom. The van der Waals surface area contributed by atoms with Gasteiger partial charge in [0.15, 0.2) is 12.1 Å². The molecule has 8 nitrogen and oxygen atoms in total. The molecule has 0 aliphatic carbocycles. The van der Waals surface area contributed by atoms with Gasteiger partial charge in [-0.3, -0.25) is 9.59 Å². The van der Waals surface area contributed by atoms with Crippen molar-refractivity contribution in [2.45, 2.75) is 206 Å². The topological polar surface area (TPSA) is 99.1 Å². The van der Waals surface area contributed by atoms with Gasteiger partial charge in [0.1, 0.15) is 6.61 Å². The first-order valence-electron chi connectivity index (χ1n) is 25.1. The monoisotopic (exact) mass is 881 g/mol. The zero-order chi connectivity index (χ0) is 46.3. The van der Waals surface area contributed by atoms with E-state index in [0.717, 1.165) is 70.6 Å². The maximum absolute atomic E-state index is 12.8. The zero-order valence-corrected chi connectivity index (χ0v) is 41.0. The van der Waals surface area contributed by atoms with E-state index in [-0.39, 0.29) is 42.7 Å². The lowest BCUT2D eigenvalue weighted by Crippen LogP contribution is -2.50. The van der Waals surface area contributed by atoms with Gasteiger partial charge in [0.25, 0.3) is 0 Å². The van der Waals surface area contributed by atoms with Crippen LogP contribution in [0.5, 0.6) is 0 Å². The number of esters is 2. The second-order valence-electron chi connectivity index (χ2n) is 17.7. The van der Waals surface area contributed by atoms with Crippen LogP contribution in [0.15, 0.2) is 85.1 Å². The fourth-order valence-corrected chi connectivity index (χ4v) is 6.96. The number of carboxylic acids is 1. The van der Waals surface area contributed by atoms with Gasteiger partial charge in [0.05, 0.1) is 34.4 Å². The van der Waals surface area contributed by atoms with E-state index in [1.165, 1.54) is 83.5 Å². The molecule has 0 rings (SSSR count). The molecule has 0 fully saturated rings. The van der Waals surface area contributed by atoms with Crippen molar-refractivity contribution < 1.29 is 38.2 Å². The number of allylic oxidation sites excluding steroid dienone is 14. The van der Waals surface area contributed by atoms with Crippen molar-refractivity contribution in [1.82, 2.24) is 0 Å². The number of hydrogen-bond donors (Lipinski definition) is 1. The van der Waals surface area contributed by atoms with Crippen molar-refractivity contribution >= 4 is 17.9 Å². The van der Waals surface area contributed by atoms with E-state index in [9.17, 15) is 19.5 Å². The molecule has 0 aromatic rings. The van der Waals surface area contributed by atoms with E-state index in [1.807, 2.05) is 21.1 Å². The zero-order valence-electron chi connectivity index (χ0n) is 41.0. The third-order valence-corrected chi connectivity index (χ3v) is 10.8. The molecule has 0 aliphatic rings. The van der Waals surface area contributed by atoms with Crippen LogP contribution in [0.1, 0.15) is 194 Å². The van der Waals surface area contributed by atoms with Crippen LogP contribution in [0.4, 0.5) is 0 Å². The summed E-state index contributed by atoms with van der Waals surface area (Å²) in [6.07, 6.45) is 59.2. The SMILES string of the molecule is CC/C=C/C/C=C/C/C=C/C/C=C/C/C=C/C/C=C/C/C=C/CCCC(=O)OC(COCCC(C(=O)O)[N+](C)(C)C)COC(=O)CCCCCCCCCCCCCCCCCC. The van der Waals surface area contributed by atoms with Crippen molar-refractivity contribution in [3.63, 3.8) is 0 Å². The molecule has 0 aromatic heterocycles. The van der Waals surface area contributed by atoms with Gasteiger partial charge in [-0.1, -0.05) is 195 Å². The molecule has 0 saturated heterocycles. The van der Waals surface area contributed by atoms with Gasteiger partial charge < -0.3 is 23.8 Å². The van der Waals surface area contributed by atoms with Crippen LogP contribution in [0, 0.1) is 0 Å². The van der Waals surface area contributed by atoms with E-state index in [1.54, 1.807) is 0 Å². The Balaban J connectivity index is 4.39. The van der Waals surface area contributed by atoms with E-state index in [0.29, 0.717) is 19.3 Å². The lowest BCUT2D eigenvalue weighted by Gasteiger charge is -2.31. The van der Waals surface area contributed by atoms with Gasteiger partial charge in [-0.2, -0.15) is 0 Å². The summed E-state index contributed by atoms with van der Waals surface area (Å²) in [6, 6.07) is -0.629. The Kier molecular flexibility index (Phi) is 42.6. The van der Waals surface area contributed by atoms with Gasteiger partial charge >= 0.3 is 17.9 Å². The van der Waals surface area contributed by atoms with Crippen molar-refractivity contribution in [3.05, 3.63) is 85.1 Å². The number of nitrogens with zero attached hydrogens (tertiary/aromatic N) is 1. The highest BCUT2D eigenvalue weighted by molar-refractivity contribution is 5.72. The van der Waals surface area contributed by atoms with Gasteiger partial charge in [-0.15, -0.1) is 0 Å². The molecule has 0 aromatic carbocycles. The summed E-state index contributed by atoms with van der Waals surface area (Å²) in [5, 5.41) is 9.65. The largest absolute Gasteiger partial charge is 0.477 e. The van der Waals surface area contributed by atoms with Gasteiger partial charge in [-0.25, -0.2) is 4.79 Å². The summed E-state index contributed by atoms with van der Waals surface area (Å²) in [5.41, 5.74) is 0. The predicted molar refractivity (Wildman–Crippen MR) is 266 cm³/mol. The minimum Gasteiger partial charge on any atom is -0.477 e. The van der Waals surface area contributed by atoms with Gasteiger partial charge in [0.2, 0.25) is 0 Å². The number of ether oxygens (including phenoxy) is 3. The average Bonchev–Trinajstić information content (AvgIpc) is 3.24. The third kappa shape index (κ3) is 43.5. The number of carbonyl (C=O) groups is 3. The lowest BCUT2D eigenvalue weighted by atomic mass is 10.0. The molecular weight excluding hydrogens is 787 g/mol. The van der Waals surface area contributed by atoms with Crippen LogP contribution in [0.2, 0.25) is 0 Å². The summed E-state index contributed by atoms with van der Waals surface area (Å²) in [4.78, 5) is 37.1. The van der Waals surface area contributed by atoms with E-state index in [2.05, 4.69) is 98.9 Å². The highest BCUT2D eigenvalue weighted by Gasteiger charge is 2.31. The predicted octanol–water partition coefficient (Wildman–Crippen LogP) is 14.5. The normalized spacial score (nSPS) is 13.6. The summed E-state index contributed by atoms with van der Waals surface area (Å²) in [5.74, 6) is -1.55. The van der Waals surface area contributed by atoms with E-state index in [4.69, 9.17) is 14.2 Å². The first-order valence-corrected chi connectivity index (χ1v) is 25.1. The minimum atomic E-state index is -0.886. The standard InChI is InChI=1S/C55H93NO7/c1-6-8-10-12-14-16-18-20-22-24-25-26-27-28-29-30-32-34-36-38-40-42-44-46-54(58)63-51(49-61-48-47-52(55(59)60)56(3,4)5)50-62-53(57)45-43-41-39-37-35-33-31-23-21-19-17-15-13-11-9-7-2/h8,10,14,16,20,22,25-26,28-29,32,34,38,40,51-52H,6-7,9,11-13,15,17-19,21,23-24,27,30-31,33,35-37,39,41-50H2,1-5H3/p+1/b10-8+,16-14+,22-20+,26-25+,29-28+,34-32+,40-38+. The summed E-state index contributed by atoms with van der Waals surface area (Å²) in [6.45, 7) is 4.57. The molecule has 0 bridgehead atoms. The minimum absolute atomic E-state index is 0.0351. The molecule has 1 N–H and O–H groups in total. The first-order chi connectivity index (χ1) is 30.6. The summed E-state index contributed by atoms with van der Waals surface area (Å²) < 4.78 is 17.3. The number of carboxylic acid groups (broad SMARTS) is 1. The molecule has 2 unspecified atom stereocenters. The Bertz CT molecular complexity index is 1300. The van der Waals surface area contributed by atoms with Crippen LogP contribution in [0.25, 0.3) is 0 Å². The van der Waals surface area contributed by atoms with Crippen molar-refractivity contribution in [1.29, 1.82) is 0 Å². The molecule has 0 saturated carbocycles. The fraction of sp³-hybridized carbons (Fsp3) is 0.691. The Morgan fingerprint density at radius 2 is 0.889 bits per heavy atom. The average molecular weight is 881 g/mol. The molecule has 8 heteroatoms. The molecule has 2 atom stereocenters. The number of aliphatic carboxylic acids is 1. The first kappa shape index (κ1) is 59.5. The van der Waals surface area contributed by atoms with Crippen LogP contribution in [0.3, 0.4) is 0 Å². The van der Waals surface area contributed by atoms with E-state index >= 15 is 0 Å². The van der Waals surface area contributed by atoms with Gasteiger partial charge in [0, 0.05) is 19.3 Å². The number of quaternary nitrogens is 1. The van der Waals surface area contributed by atoms with Crippen LogP contribution in [-0.4, -0.2) is 80.6 Å². The maximum atomic E-state index is 12.8.